The number of hydrogen-bond acceptors (Lipinski definition) is 3. The fourth-order valence-corrected chi connectivity index (χ4v) is 1.82. The van der Waals surface area contributed by atoms with Gasteiger partial charge in [0, 0.05) is 13.1 Å². The molecule has 1 fully saturated rings. The normalized spacial score (nSPS) is 18.4. The molecule has 14 heavy (non-hydrogen) atoms. The smallest absolute Gasteiger partial charge is 0.303 e. The fourth-order valence-electron chi connectivity index (χ4n) is 1.82. The molecule has 3 heteroatoms. The lowest BCUT2D eigenvalue weighted by atomic mass is 9.77. The number of carbonyl (C=O) groups excluding carboxylic acids is 1. The first-order valence-electron chi connectivity index (χ1n) is 4.84. The van der Waals surface area contributed by atoms with Crippen LogP contribution in [0.2, 0.25) is 0 Å². The zero-order chi connectivity index (χ0) is 10.0. The van der Waals surface area contributed by atoms with Gasteiger partial charge in [-0.2, -0.15) is 0 Å². The van der Waals surface area contributed by atoms with Crippen LogP contribution in [0.5, 0.6) is 0 Å². The highest BCUT2D eigenvalue weighted by molar-refractivity contribution is 5.66. The van der Waals surface area contributed by atoms with Gasteiger partial charge in [-0.3, -0.25) is 9.78 Å². The lowest BCUT2D eigenvalue weighted by molar-refractivity contribution is -0.169. The second-order valence-electron chi connectivity index (χ2n) is 3.66. The molecule has 1 saturated carbocycles. The van der Waals surface area contributed by atoms with Crippen molar-refractivity contribution in [2.75, 3.05) is 0 Å². The predicted octanol–water partition coefficient (Wildman–Crippen LogP) is 2.02. The van der Waals surface area contributed by atoms with E-state index in [1.807, 2.05) is 18.2 Å². The van der Waals surface area contributed by atoms with Crippen LogP contribution in [0, 0.1) is 0 Å². The first-order valence-corrected chi connectivity index (χ1v) is 4.84. The second kappa shape index (κ2) is 3.40. The van der Waals surface area contributed by atoms with Crippen LogP contribution >= 0.6 is 0 Å². The number of ether oxygens (including phenoxy) is 1. The van der Waals surface area contributed by atoms with Crippen molar-refractivity contribution in [3.63, 3.8) is 0 Å². The molecular formula is C11H13NO2. The highest BCUT2D eigenvalue weighted by atomic mass is 16.6. The molecule has 1 aliphatic rings. The maximum Gasteiger partial charge on any atom is 0.303 e. The monoisotopic (exact) mass is 191 g/mol. The minimum Gasteiger partial charge on any atom is -0.453 e. The zero-order valence-corrected chi connectivity index (χ0v) is 8.19. The Hall–Kier alpha value is -1.38. The van der Waals surface area contributed by atoms with Crippen molar-refractivity contribution in [1.29, 1.82) is 0 Å². The Morgan fingerprint density at radius 1 is 1.50 bits per heavy atom. The molecule has 0 saturated heterocycles. The van der Waals surface area contributed by atoms with Gasteiger partial charge in [0.05, 0.1) is 5.69 Å². The third-order valence-corrected chi connectivity index (χ3v) is 2.63. The third-order valence-electron chi connectivity index (χ3n) is 2.63. The Morgan fingerprint density at radius 2 is 2.29 bits per heavy atom. The van der Waals surface area contributed by atoms with Crippen LogP contribution < -0.4 is 0 Å². The third kappa shape index (κ3) is 1.50. The van der Waals surface area contributed by atoms with E-state index >= 15 is 0 Å². The Kier molecular flexibility index (Phi) is 2.23. The van der Waals surface area contributed by atoms with Crippen LogP contribution in [-0.4, -0.2) is 11.0 Å². The molecule has 0 amide bonds. The highest BCUT2D eigenvalue weighted by Gasteiger charge is 2.43. The Bertz CT molecular complexity index is 330. The molecule has 3 nitrogen and oxygen atoms in total. The number of aromatic nitrogens is 1. The van der Waals surface area contributed by atoms with Gasteiger partial charge in [0.1, 0.15) is 0 Å². The highest BCUT2D eigenvalue weighted by Crippen LogP contribution is 2.43. The minimum absolute atomic E-state index is 0.227. The van der Waals surface area contributed by atoms with Crippen LogP contribution in [0.25, 0.3) is 0 Å². The summed E-state index contributed by atoms with van der Waals surface area (Å²) < 4.78 is 5.36. The van der Waals surface area contributed by atoms with Crippen LogP contribution in [-0.2, 0) is 15.1 Å². The molecule has 0 bridgehead atoms. The summed E-state index contributed by atoms with van der Waals surface area (Å²) in [5, 5.41) is 0. The first-order chi connectivity index (χ1) is 6.73. The molecular weight excluding hydrogens is 178 g/mol. The van der Waals surface area contributed by atoms with Crippen molar-refractivity contribution < 1.29 is 9.53 Å². The van der Waals surface area contributed by atoms with Gasteiger partial charge >= 0.3 is 5.97 Å². The molecule has 1 aromatic rings. The summed E-state index contributed by atoms with van der Waals surface area (Å²) in [4.78, 5) is 15.2. The van der Waals surface area contributed by atoms with Crippen LogP contribution in [0.1, 0.15) is 31.9 Å². The lowest BCUT2D eigenvalue weighted by Crippen LogP contribution is -2.39. The maximum atomic E-state index is 11.0. The average molecular weight is 191 g/mol. The van der Waals surface area contributed by atoms with E-state index in [1.165, 1.54) is 6.92 Å². The summed E-state index contributed by atoms with van der Waals surface area (Å²) in [6, 6.07) is 5.71. The van der Waals surface area contributed by atoms with E-state index in [0.29, 0.717) is 0 Å². The molecule has 0 N–H and O–H groups in total. The van der Waals surface area contributed by atoms with Crippen molar-refractivity contribution >= 4 is 5.97 Å². The van der Waals surface area contributed by atoms with Gasteiger partial charge < -0.3 is 4.74 Å². The van der Waals surface area contributed by atoms with Crippen LogP contribution in [0.4, 0.5) is 0 Å². The maximum absolute atomic E-state index is 11.0. The van der Waals surface area contributed by atoms with Gasteiger partial charge in [-0.1, -0.05) is 6.07 Å². The molecule has 0 atom stereocenters. The van der Waals surface area contributed by atoms with E-state index in [9.17, 15) is 4.79 Å². The van der Waals surface area contributed by atoms with Crippen LogP contribution in [0.3, 0.4) is 0 Å². The molecule has 1 aromatic heterocycles. The van der Waals surface area contributed by atoms with E-state index < -0.39 is 5.60 Å². The quantitative estimate of drug-likeness (QED) is 0.671. The molecule has 0 spiro atoms. The molecule has 74 valence electrons. The fraction of sp³-hybridized carbons (Fsp3) is 0.455. The van der Waals surface area contributed by atoms with Crippen molar-refractivity contribution in [1.82, 2.24) is 4.98 Å². The second-order valence-corrected chi connectivity index (χ2v) is 3.66. The Labute approximate surface area is 83.1 Å². The predicted molar refractivity (Wildman–Crippen MR) is 51.5 cm³/mol. The summed E-state index contributed by atoms with van der Waals surface area (Å²) in [7, 11) is 0. The Morgan fingerprint density at radius 3 is 2.71 bits per heavy atom. The molecule has 1 heterocycles. The largest absolute Gasteiger partial charge is 0.453 e. The number of rotatable bonds is 2. The first kappa shape index (κ1) is 9.19. The number of hydrogen-bond donors (Lipinski definition) is 0. The molecule has 0 aliphatic heterocycles. The number of nitrogens with zero attached hydrogens (tertiary/aromatic N) is 1. The van der Waals surface area contributed by atoms with Gasteiger partial charge in [0.25, 0.3) is 0 Å². The van der Waals surface area contributed by atoms with E-state index in [1.54, 1.807) is 6.20 Å². The van der Waals surface area contributed by atoms with Gasteiger partial charge in [0.2, 0.25) is 0 Å². The average Bonchev–Trinajstić information content (AvgIpc) is 2.12. The Balaban J connectivity index is 2.25. The number of esters is 1. The topological polar surface area (TPSA) is 39.2 Å². The van der Waals surface area contributed by atoms with E-state index in [4.69, 9.17) is 4.74 Å². The number of carbonyl (C=O) groups is 1. The summed E-state index contributed by atoms with van der Waals surface area (Å²) in [5.74, 6) is -0.227. The van der Waals surface area contributed by atoms with Gasteiger partial charge in [-0.15, -0.1) is 0 Å². The van der Waals surface area contributed by atoms with E-state index in [0.717, 1.165) is 25.0 Å². The number of pyridine rings is 1. The van der Waals surface area contributed by atoms with Crippen molar-refractivity contribution in [2.45, 2.75) is 31.8 Å². The molecule has 2 rings (SSSR count). The summed E-state index contributed by atoms with van der Waals surface area (Å²) in [6.07, 6.45) is 4.62. The SMILES string of the molecule is CC(=O)OC1(c2ccccn2)CCC1. The summed E-state index contributed by atoms with van der Waals surface area (Å²) >= 11 is 0. The zero-order valence-electron chi connectivity index (χ0n) is 8.19. The van der Waals surface area contributed by atoms with E-state index in [2.05, 4.69) is 4.98 Å². The molecule has 0 aromatic carbocycles. The summed E-state index contributed by atoms with van der Waals surface area (Å²) in [5.41, 5.74) is 0.453. The van der Waals surface area contributed by atoms with Crippen LogP contribution in [0.15, 0.2) is 24.4 Å². The van der Waals surface area contributed by atoms with Gasteiger partial charge in [-0.05, 0) is 31.4 Å². The minimum atomic E-state index is -0.424. The molecule has 0 unspecified atom stereocenters. The van der Waals surface area contributed by atoms with Gasteiger partial charge in [0.15, 0.2) is 5.60 Å². The van der Waals surface area contributed by atoms with Gasteiger partial charge in [-0.25, -0.2) is 0 Å². The standard InChI is InChI=1S/C11H13NO2/c1-9(13)14-11(6-4-7-11)10-5-2-3-8-12-10/h2-3,5,8H,4,6-7H2,1H3. The van der Waals surface area contributed by atoms with Crippen molar-refractivity contribution in [3.05, 3.63) is 30.1 Å². The molecule has 1 aliphatic carbocycles. The summed E-state index contributed by atoms with van der Waals surface area (Å²) in [6.45, 7) is 1.45. The lowest BCUT2D eigenvalue weighted by Gasteiger charge is -2.40. The van der Waals surface area contributed by atoms with E-state index in [-0.39, 0.29) is 5.97 Å². The van der Waals surface area contributed by atoms with Crippen molar-refractivity contribution in [2.24, 2.45) is 0 Å². The van der Waals surface area contributed by atoms with Crippen molar-refractivity contribution in [3.8, 4) is 0 Å². The molecule has 0 radical (unpaired) electrons.